The first-order valence-corrected chi connectivity index (χ1v) is 5.29. The number of methoxy groups -OCH3 is 1. The third kappa shape index (κ3) is 9.43. The van der Waals surface area contributed by atoms with Gasteiger partial charge in [-0.15, -0.1) is 0 Å². The molecule has 0 aromatic heterocycles. The Morgan fingerprint density at radius 2 is 2.31 bits per heavy atom. The van der Waals surface area contributed by atoms with Crippen LogP contribution in [0.4, 0.5) is 0 Å². The van der Waals surface area contributed by atoms with Crippen molar-refractivity contribution in [2.75, 3.05) is 25.2 Å². The number of carbonyl (C=O) groups is 1. The van der Waals surface area contributed by atoms with Gasteiger partial charge in [0.1, 0.15) is 0 Å². The van der Waals surface area contributed by atoms with Crippen molar-refractivity contribution in [1.29, 1.82) is 0 Å². The number of rotatable bonds is 7. The van der Waals surface area contributed by atoms with E-state index >= 15 is 0 Å². The summed E-state index contributed by atoms with van der Waals surface area (Å²) >= 11 is 1.73. The lowest BCUT2D eigenvalue weighted by Crippen LogP contribution is -1.94. The maximum absolute atomic E-state index is 10.2. The number of thioether (sulfide) groups is 1. The van der Waals surface area contributed by atoms with E-state index in [1.807, 2.05) is 6.92 Å². The normalized spacial score (nSPS) is 11.7. The number of carboxylic acids is 1. The summed E-state index contributed by atoms with van der Waals surface area (Å²) in [7, 11) is 1.68. The first-order valence-electron chi connectivity index (χ1n) is 4.13. The van der Waals surface area contributed by atoms with E-state index in [2.05, 4.69) is 0 Å². The first-order chi connectivity index (χ1) is 6.16. The van der Waals surface area contributed by atoms with Gasteiger partial charge < -0.3 is 9.84 Å². The number of carboxylic acid groups (broad SMARTS) is 1. The molecule has 0 aliphatic rings. The van der Waals surface area contributed by atoms with Crippen LogP contribution in [0.25, 0.3) is 0 Å². The van der Waals surface area contributed by atoms with Gasteiger partial charge in [0.2, 0.25) is 0 Å². The second kappa shape index (κ2) is 8.13. The van der Waals surface area contributed by atoms with Crippen LogP contribution in [0, 0.1) is 0 Å². The van der Waals surface area contributed by atoms with Crippen molar-refractivity contribution in [1.82, 2.24) is 0 Å². The second-order valence-electron chi connectivity index (χ2n) is 2.73. The molecule has 0 aliphatic heterocycles. The Bertz CT molecular complexity index is 178. The molecule has 0 amide bonds. The summed E-state index contributed by atoms with van der Waals surface area (Å²) < 4.78 is 4.89. The van der Waals surface area contributed by atoms with E-state index in [0.29, 0.717) is 0 Å². The van der Waals surface area contributed by atoms with Gasteiger partial charge in [-0.1, -0.05) is 5.57 Å². The molecule has 0 rings (SSSR count). The molecule has 0 saturated heterocycles. The minimum Gasteiger partial charge on any atom is -0.478 e. The molecule has 3 nitrogen and oxygen atoms in total. The lowest BCUT2D eigenvalue weighted by Gasteiger charge is -2.00. The fraction of sp³-hybridized carbons (Fsp3) is 0.667. The van der Waals surface area contributed by atoms with Crippen LogP contribution in [-0.2, 0) is 9.53 Å². The van der Waals surface area contributed by atoms with Gasteiger partial charge in [-0.05, 0) is 19.1 Å². The SMILES string of the molecule is COCCCSCC(C)=CC(=O)O. The van der Waals surface area contributed by atoms with Crippen LogP contribution in [0.3, 0.4) is 0 Å². The zero-order chi connectivity index (χ0) is 10.1. The van der Waals surface area contributed by atoms with E-state index in [-0.39, 0.29) is 0 Å². The Morgan fingerprint density at radius 3 is 2.85 bits per heavy atom. The summed E-state index contributed by atoms with van der Waals surface area (Å²) in [5.74, 6) is 0.935. The molecule has 0 aromatic carbocycles. The molecule has 0 bridgehead atoms. The van der Waals surface area contributed by atoms with Gasteiger partial charge in [0.05, 0.1) is 0 Å². The summed E-state index contributed by atoms with van der Waals surface area (Å²) in [6.07, 6.45) is 2.27. The molecule has 0 fully saturated rings. The maximum atomic E-state index is 10.2. The van der Waals surface area contributed by atoms with Crippen molar-refractivity contribution in [3.8, 4) is 0 Å². The quantitative estimate of drug-likeness (QED) is 0.507. The van der Waals surface area contributed by atoms with Crippen molar-refractivity contribution < 1.29 is 14.6 Å². The van der Waals surface area contributed by atoms with Crippen molar-refractivity contribution in [2.24, 2.45) is 0 Å². The number of hydrogen-bond donors (Lipinski definition) is 1. The average Bonchev–Trinajstić information content (AvgIpc) is 2.02. The number of hydrogen-bond acceptors (Lipinski definition) is 3. The standard InChI is InChI=1S/C9H16O3S/c1-8(6-9(10)11)7-13-5-3-4-12-2/h6H,3-5,7H2,1-2H3,(H,10,11). The molecule has 1 N–H and O–H groups in total. The molecule has 0 saturated carbocycles. The van der Waals surface area contributed by atoms with Crippen molar-refractivity contribution in [3.05, 3.63) is 11.6 Å². The molecular weight excluding hydrogens is 188 g/mol. The summed E-state index contributed by atoms with van der Waals surface area (Å²) in [6, 6.07) is 0. The molecule has 0 spiro atoms. The molecule has 76 valence electrons. The van der Waals surface area contributed by atoms with E-state index in [0.717, 1.165) is 30.1 Å². The summed E-state index contributed by atoms with van der Waals surface area (Å²) in [6.45, 7) is 2.60. The van der Waals surface area contributed by atoms with Gasteiger partial charge in [-0.2, -0.15) is 11.8 Å². The van der Waals surface area contributed by atoms with Crippen molar-refractivity contribution in [2.45, 2.75) is 13.3 Å². The van der Waals surface area contributed by atoms with Crippen LogP contribution >= 0.6 is 11.8 Å². The van der Waals surface area contributed by atoms with Crippen LogP contribution in [0.1, 0.15) is 13.3 Å². The topological polar surface area (TPSA) is 46.5 Å². The number of aliphatic carboxylic acids is 1. The van der Waals surface area contributed by atoms with E-state index in [9.17, 15) is 4.79 Å². The Balaban J connectivity index is 3.37. The first kappa shape index (κ1) is 12.5. The molecule has 4 heteroatoms. The summed E-state index contributed by atoms with van der Waals surface area (Å²) in [4.78, 5) is 10.2. The minimum absolute atomic E-state index is 0.773. The van der Waals surface area contributed by atoms with Crippen LogP contribution in [-0.4, -0.2) is 36.3 Å². The molecule has 0 aromatic rings. The van der Waals surface area contributed by atoms with Gasteiger partial charge in [-0.25, -0.2) is 4.79 Å². The molecule has 0 heterocycles. The minimum atomic E-state index is -0.866. The zero-order valence-corrected chi connectivity index (χ0v) is 8.89. The fourth-order valence-electron chi connectivity index (χ4n) is 0.791. The van der Waals surface area contributed by atoms with Crippen LogP contribution < -0.4 is 0 Å². The van der Waals surface area contributed by atoms with Gasteiger partial charge in [0, 0.05) is 25.5 Å². The Labute approximate surface area is 83.2 Å². The lowest BCUT2D eigenvalue weighted by molar-refractivity contribution is -0.131. The highest BCUT2D eigenvalue weighted by atomic mass is 32.2. The van der Waals surface area contributed by atoms with Crippen LogP contribution in [0.2, 0.25) is 0 Å². The fourth-order valence-corrected chi connectivity index (χ4v) is 1.66. The van der Waals surface area contributed by atoms with Crippen molar-refractivity contribution >= 4 is 17.7 Å². The number of ether oxygens (including phenoxy) is 1. The summed E-state index contributed by atoms with van der Waals surface area (Å²) in [5.41, 5.74) is 0.898. The van der Waals surface area contributed by atoms with Gasteiger partial charge >= 0.3 is 5.97 Å². The Hall–Kier alpha value is -0.480. The monoisotopic (exact) mass is 204 g/mol. The van der Waals surface area contributed by atoms with Crippen LogP contribution in [0.15, 0.2) is 11.6 Å². The molecule has 0 aliphatic carbocycles. The highest BCUT2D eigenvalue weighted by Gasteiger charge is 1.94. The van der Waals surface area contributed by atoms with E-state index in [4.69, 9.17) is 9.84 Å². The maximum Gasteiger partial charge on any atom is 0.328 e. The second-order valence-corrected chi connectivity index (χ2v) is 3.83. The molecular formula is C9H16O3S. The molecule has 0 unspecified atom stereocenters. The van der Waals surface area contributed by atoms with E-state index < -0.39 is 5.97 Å². The van der Waals surface area contributed by atoms with Crippen LogP contribution in [0.5, 0.6) is 0 Å². The summed E-state index contributed by atoms with van der Waals surface area (Å²) in [5, 5.41) is 8.42. The van der Waals surface area contributed by atoms with Gasteiger partial charge in [-0.3, -0.25) is 0 Å². The Morgan fingerprint density at radius 1 is 1.62 bits per heavy atom. The highest BCUT2D eigenvalue weighted by molar-refractivity contribution is 7.99. The molecule has 0 atom stereocenters. The third-order valence-corrected chi connectivity index (χ3v) is 2.57. The van der Waals surface area contributed by atoms with E-state index in [1.54, 1.807) is 18.9 Å². The molecule has 13 heavy (non-hydrogen) atoms. The zero-order valence-electron chi connectivity index (χ0n) is 8.08. The molecule has 0 radical (unpaired) electrons. The average molecular weight is 204 g/mol. The highest BCUT2D eigenvalue weighted by Crippen LogP contribution is 2.08. The van der Waals surface area contributed by atoms with Gasteiger partial charge in [0.15, 0.2) is 0 Å². The largest absolute Gasteiger partial charge is 0.478 e. The van der Waals surface area contributed by atoms with Gasteiger partial charge in [0.25, 0.3) is 0 Å². The third-order valence-electron chi connectivity index (χ3n) is 1.34. The predicted molar refractivity (Wildman–Crippen MR) is 55.2 cm³/mol. The van der Waals surface area contributed by atoms with Crippen molar-refractivity contribution in [3.63, 3.8) is 0 Å². The Kier molecular flexibility index (Phi) is 7.83. The lowest BCUT2D eigenvalue weighted by atomic mass is 10.3. The predicted octanol–water partition coefficient (Wildman–Crippen LogP) is 1.79. The smallest absolute Gasteiger partial charge is 0.328 e. The van der Waals surface area contributed by atoms with E-state index in [1.165, 1.54) is 6.08 Å².